The van der Waals surface area contributed by atoms with Crippen LogP contribution in [0.3, 0.4) is 0 Å². The summed E-state index contributed by atoms with van der Waals surface area (Å²) >= 11 is 1.51. The molecule has 0 aliphatic carbocycles. The number of aromatic nitrogens is 3. The fourth-order valence-corrected chi connectivity index (χ4v) is 4.11. The van der Waals surface area contributed by atoms with E-state index >= 15 is 0 Å². The van der Waals surface area contributed by atoms with E-state index in [1.807, 2.05) is 55.6 Å². The molecule has 0 bridgehead atoms. The van der Waals surface area contributed by atoms with E-state index in [9.17, 15) is 9.59 Å². The Kier molecular flexibility index (Phi) is 6.61. The molecule has 4 aromatic rings. The number of rotatable bonds is 9. The molecule has 32 heavy (non-hydrogen) atoms. The normalized spacial score (nSPS) is 10.9. The number of ether oxygens (including phenoxy) is 1. The van der Waals surface area contributed by atoms with E-state index in [0.717, 1.165) is 21.8 Å². The van der Waals surface area contributed by atoms with Crippen LogP contribution < -0.4 is 0 Å². The first-order valence-electron chi connectivity index (χ1n) is 10.3. The summed E-state index contributed by atoms with van der Waals surface area (Å²) in [4.78, 5) is 30.0. The zero-order valence-corrected chi connectivity index (χ0v) is 18.7. The van der Waals surface area contributed by atoms with Crippen LogP contribution in [0.2, 0.25) is 0 Å². The van der Waals surface area contributed by atoms with Gasteiger partial charge in [-0.15, -0.1) is 11.3 Å². The molecule has 0 spiro atoms. The Morgan fingerprint density at radius 1 is 1.12 bits per heavy atom. The van der Waals surface area contributed by atoms with Gasteiger partial charge in [0.15, 0.2) is 6.61 Å². The largest absolute Gasteiger partial charge is 0.457 e. The molecule has 0 aliphatic rings. The standard InChI is InChI=1S/C24H23N3O4S/c1-16-13-19(17(2)27(16)14-18-7-4-3-5-8-18)20(28)15-30-23(29)11-10-22-25-24(26-31-22)21-9-6-12-32-21/h3-9,12-13H,10-11,14-15H2,1-2H3. The molecule has 3 heterocycles. The van der Waals surface area contributed by atoms with Crippen LogP contribution in [0.1, 0.15) is 39.6 Å². The summed E-state index contributed by atoms with van der Waals surface area (Å²) in [5, 5.41) is 5.85. The smallest absolute Gasteiger partial charge is 0.306 e. The number of hydrogen-bond donors (Lipinski definition) is 0. The fraction of sp³-hybridized carbons (Fsp3) is 0.250. The number of carbonyl (C=O) groups excluding carboxylic acids is 2. The molecule has 0 amide bonds. The number of thiophene rings is 1. The number of esters is 1. The van der Waals surface area contributed by atoms with Crippen LogP contribution in [0.15, 0.2) is 58.4 Å². The second kappa shape index (κ2) is 9.74. The molecule has 0 fully saturated rings. The number of nitrogens with zero attached hydrogens (tertiary/aromatic N) is 3. The van der Waals surface area contributed by atoms with Gasteiger partial charge in [0.05, 0.1) is 11.3 Å². The van der Waals surface area contributed by atoms with Crippen molar-refractivity contribution in [3.05, 3.63) is 82.3 Å². The van der Waals surface area contributed by atoms with Gasteiger partial charge in [-0.25, -0.2) is 0 Å². The first kappa shape index (κ1) is 21.7. The third kappa shape index (κ3) is 5.03. The van der Waals surface area contributed by atoms with Crippen molar-refractivity contribution in [2.45, 2.75) is 33.2 Å². The molecule has 0 unspecified atom stereocenters. The van der Waals surface area contributed by atoms with Crippen LogP contribution in [-0.2, 0) is 22.5 Å². The van der Waals surface area contributed by atoms with Crippen molar-refractivity contribution < 1.29 is 18.8 Å². The average molecular weight is 450 g/mol. The lowest BCUT2D eigenvalue weighted by Crippen LogP contribution is -2.15. The van der Waals surface area contributed by atoms with Gasteiger partial charge < -0.3 is 13.8 Å². The summed E-state index contributed by atoms with van der Waals surface area (Å²) in [6.07, 6.45) is 0.323. The number of benzene rings is 1. The van der Waals surface area contributed by atoms with Crippen LogP contribution in [0, 0.1) is 13.8 Å². The third-order valence-electron chi connectivity index (χ3n) is 5.17. The van der Waals surface area contributed by atoms with E-state index in [4.69, 9.17) is 9.26 Å². The predicted octanol–water partition coefficient (Wildman–Crippen LogP) is 4.62. The number of ketones is 1. The highest BCUT2D eigenvalue weighted by molar-refractivity contribution is 7.13. The van der Waals surface area contributed by atoms with Gasteiger partial charge in [0.2, 0.25) is 17.5 Å². The minimum atomic E-state index is -0.479. The van der Waals surface area contributed by atoms with Gasteiger partial charge in [0, 0.05) is 29.9 Å². The molecule has 164 valence electrons. The van der Waals surface area contributed by atoms with Crippen LogP contribution in [-0.4, -0.2) is 33.1 Å². The van der Waals surface area contributed by atoms with Gasteiger partial charge in [-0.2, -0.15) is 4.98 Å². The van der Waals surface area contributed by atoms with Crippen molar-refractivity contribution in [1.29, 1.82) is 0 Å². The van der Waals surface area contributed by atoms with Gasteiger partial charge in [-0.3, -0.25) is 9.59 Å². The Morgan fingerprint density at radius 2 is 1.94 bits per heavy atom. The van der Waals surface area contributed by atoms with Gasteiger partial charge >= 0.3 is 5.97 Å². The van der Waals surface area contributed by atoms with E-state index in [0.29, 0.717) is 23.8 Å². The highest BCUT2D eigenvalue weighted by Gasteiger charge is 2.18. The zero-order chi connectivity index (χ0) is 22.5. The Labute approximate surface area is 189 Å². The number of aryl methyl sites for hydroxylation is 2. The van der Waals surface area contributed by atoms with Crippen molar-refractivity contribution in [2.24, 2.45) is 0 Å². The average Bonchev–Trinajstić information content (AvgIpc) is 3.54. The predicted molar refractivity (Wildman–Crippen MR) is 121 cm³/mol. The molecular weight excluding hydrogens is 426 g/mol. The van der Waals surface area contributed by atoms with E-state index in [2.05, 4.69) is 26.8 Å². The minimum Gasteiger partial charge on any atom is -0.457 e. The Balaban J connectivity index is 1.30. The van der Waals surface area contributed by atoms with E-state index in [1.54, 1.807) is 0 Å². The molecule has 8 heteroatoms. The summed E-state index contributed by atoms with van der Waals surface area (Å²) in [6, 6.07) is 15.7. The molecule has 0 atom stereocenters. The van der Waals surface area contributed by atoms with Gasteiger partial charge in [-0.05, 0) is 36.9 Å². The highest BCUT2D eigenvalue weighted by atomic mass is 32.1. The summed E-state index contributed by atoms with van der Waals surface area (Å²) in [5.41, 5.74) is 3.57. The monoisotopic (exact) mass is 449 g/mol. The highest BCUT2D eigenvalue weighted by Crippen LogP contribution is 2.22. The minimum absolute atomic E-state index is 0.0619. The summed E-state index contributed by atoms with van der Waals surface area (Å²) < 4.78 is 12.5. The summed E-state index contributed by atoms with van der Waals surface area (Å²) in [7, 11) is 0. The lowest BCUT2D eigenvalue weighted by atomic mass is 10.1. The zero-order valence-electron chi connectivity index (χ0n) is 17.9. The summed E-state index contributed by atoms with van der Waals surface area (Å²) in [6.45, 7) is 4.27. The molecule has 0 saturated carbocycles. The van der Waals surface area contributed by atoms with Gasteiger partial charge in [-0.1, -0.05) is 41.6 Å². The summed E-state index contributed by atoms with van der Waals surface area (Å²) in [5.74, 6) is 0.168. The van der Waals surface area contributed by atoms with E-state index in [1.165, 1.54) is 11.3 Å². The second-order valence-electron chi connectivity index (χ2n) is 7.43. The van der Waals surface area contributed by atoms with Gasteiger partial charge in [0.1, 0.15) is 0 Å². The second-order valence-corrected chi connectivity index (χ2v) is 8.38. The van der Waals surface area contributed by atoms with Crippen LogP contribution in [0.25, 0.3) is 10.7 Å². The molecular formula is C24H23N3O4S. The topological polar surface area (TPSA) is 87.2 Å². The van der Waals surface area contributed by atoms with Crippen LogP contribution >= 0.6 is 11.3 Å². The van der Waals surface area contributed by atoms with Crippen LogP contribution in [0.5, 0.6) is 0 Å². The molecule has 3 aromatic heterocycles. The SMILES string of the molecule is Cc1cc(C(=O)COC(=O)CCc2nc(-c3cccs3)no2)c(C)n1Cc1ccccc1. The Morgan fingerprint density at radius 3 is 2.69 bits per heavy atom. The molecule has 0 saturated heterocycles. The maximum atomic E-state index is 12.7. The molecule has 1 aromatic carbocycles. The van der Waals surface area contributed by atoms with E-state index in [-0.39, 0.29) is 25.2 Å². The number of Topliss-reactive ketones (excluding diaryl/α,β-unsaturated/α-hetero) is 1. The maximum absolute atomic E-state index is 12.7. The maximum Gasteiger partial charge on any atom is 0.306 e. The van der Waals surface area contributed by atoms with Crippen LogP contribution in [0.4, 0.5) is 0 Å². The van der Waals surface area contributed by atoms with Crippen molar-refractivity contribution in [1.82, 2.24) is 14.7 Å². The van der Waals surface area contributed by atoms with Crippen molar-refractivity contribution in [3.63, 3.8) is 0 Å². The fourth-order valence-electron chi connectivity index (χ4n) is 3.46. The Bertz CT molecular complexity index is 1210. The van der Waals surface area contributed by atoms with Crippen molar-refractivity contribution in [2.75, 3.05) is 6.61 Å². The third-order valence-corrected chi connectivity index (χ3v) is 6.04. The molecule has 4 rings (SSSR count). The molecule has 0 N–H and O–H groups in total. The Hall–Kier alpha value is -3.52. The number of hydrogen-bond acceptors (Lipinski definition) is 7. The quantitative estimate of drug-likeness (QED) is 0.274. The van der Waals surface area contributed by atoms with E-state index < -0.39 is 5.97 Å². The van der Waals surface area contributed by atoms with Gasteiger partial charge in [0.25, 0.3) is 0 Å². The molecule has 0 radical (unpaired) electrons. The molecule has 0 aliphatic heterocycles. The number of carbonyl (C=O) groups is 2. The lowest BCUT2D eigenvalue weighted by molar-refractivity contribution is -0.142. The van der Waals surface area contributed by atoms with Crippen molar-refractivity contribution >= 4 is 23.1 Å². The first-order valence-corrected chi connectivity index (χ1v) is 11.1. The lowest BCUT2D eigenvalue weighted by Gasteiger charge is -2.10. The first-order chi connectivity index (χ1) is 15.5. The molecule has 7 nitrogen and oxygen atoms in total. The van der Waals surface area contributed by atoms with Crippen molar-refractivity contribution in [3.8, 4) is 10.7 Å².